The molecule has 25 heavy (non-hydrogen) atoms. The monoisotopic (exact) mass is 401 g/mol. The maximum Gasteiger partial charge on any atom is 0.248 e. The highest BCUT2D eigenvalue weighted by molar-refractivity contribution is 9.10. The average Bonchev–Trinajstić information content (AvgIpc) is 3.24. The molecule has 0 spiro atoms. The minimum absolute atomic E-state index is 0.0437. The summed E-state index contributed by atoms with van der Waals surface area (Å²) >= 11 is 3.37. The molecule has 2 aromatic carbocycles. The molecule has 0 atom stereocenters. The van der Waals surface area contributed by atoms with Crippen LogP contribution in [0.4, 0.5) is 5.69 Å². The fraction of sp³-hybridized carbons (Fsp3) is 0.125. The van der Waals surface area contributed by atoms with Gasteiger partial charge >= 0.3 is 0 Å². The second kappa shape index (κ2) is 6.52. The molecule has 0 radical (unpaired) electrons. The van der Waals surface area contributed by atoms with Crippen molar-refractivity contribution in [2.75, 3.05) is 12.1 Å². The number of ether oxygens (including phenoxy) is 2. The summed E-state index contributed by atoms with van der Waals surface area (Å²) in [5.74, 6) is 1.46. The van der Waals surface area contributed by atoms with Gasteiger partial charge in [0.25, 0.3) is 0 Å². The molecule has 0 saturated carbocycles. The predicted molar refractivity (Wildman–Crippen MR) is 92.1 cm³/mol. The lowest BCUT2D eigenvalue weighted by molar-refractivity contribution is -0.117. The number of amides is 1. The van der Waals surface area contributed by atoms with Crippen molar-refractivity contribution in [1.29, 1.82) is 0 Å². The van der Waals surface area contributed by atoms with Crippen LogP contribution < -0.4 is 14.8 Å². The SMILES string of the molecule is O=C(Cn1nnc(-c2ccc(Br)cc2)n1)Nc1ccc2c(c1)OCO2. The van der Waals surface area contributed by atoms with E-state index in [0.717, 1.165) is 10.0 Å². The van der Waals surface area contributed by atoms with E-state index in [-0.39, 0.29) is 19.2 Å². The van der Waals surface area contributed by atoms with Gasteiger partial charge in [0.2, 0.25) is 18.5 Å². The lowest BCUT2D eigenvalue weighted by Gasteiger charge is -2.05. The lowest BCUT2D eigenvalue weighted by atomic mass is 10.2. The summed E-state index contributed by atoms with van der Waals surface area (Å²) in [4.78, 5) is 13.4. The Bertz CT molecular complexity index is 926. The lowest BCUT2D eigenvalue weighted by Crippen LogP contribution is -2.20. The van der Waals surface area contributed by atoms with Crippen molar-refractivity contribution in [1.82, 2.24) is 20.2 Å². The summed E-state index contributed by atoms with van der Waals surface area (Å²) in [5, 5.41) is 14.9. The maximum atomic E-state index is 12.2. The highest BCUT2D eigenvalue weighted by Gasteiger charge is 2.15. The Morgan fingerprint density at radius 3 is 2.80 bits per heavy atom. The smallest absolute Gasteiger partial charge is 0.248 e. The van der Waals surface area contributed by atoms with Crippen LogP contribution in [-0.2, 0) is 11.3 Å². The summed E-state index contributed by atoms with van der Waals surface area (Å²) in [6.07, 6.45) is 0. The molecule has 0 saturated heterocycles. The van der Waals surface area contributed by atoms with Crippen molar-refractivity contribution in [2.24, 2.45) is 0 Å². The topological polar surface area (TPSA) is 91.2 Å². The molecule has 2 heterocycles. The van der Waals surface area contributed by atoms with E-state index in [4.69, 9.17) is 9.47 Å². The Morgan fingerprint density at radius 1 is 1.16 bits per heavy atom. The molecule has 1 N–H and O–H groups in total. The van der Waals surface area contributed by atoms with E-state index in [2.05, 4.69) is 36.7 Å². The number of carbonyl (C=O) groups excluding carboxylic acids is 1. The molecule has 8 nitrogen and oxygen atoms in total. The van der Waals surface area contributed by atoms with Crippen LogP contribution in [0.5, 0.6) is 11.5 Å². The predicted octanol–water partition coefficient (Wildman–Crippen LogP) is 2.47. The molecule has 0 fully saturated rings. The third kappa shape index (κ3) is 3.45. The van der Waals surface area contributed by atoms with E-state index in [1.807, 2.05) is 24.3 Å². The maximum absolute atomic E-state index is 12.2. The Labute approximate surface area is 150 Å². The third-order valence-electron chi connectivity index (χ3n) is 3.50. The molecular weight excluding hydrogens is 390 g/mol. The molecule has 9 heteroatoms. The van der Waals surface area contributed by atoms with Crippen LogP contribution in [0.25, 0.3) is 11.4 Å². The second-order valence-corrected chi connectivity index (χ2v) is 6.18. The molecule has 3 aromatic rings. The number of carbonyl (C=O) groups is 1. The first-order valence-electron chi connectivity index (χ1n) is 7.41. The molecule has 1 aromatic heterocycles. The zero-order valence-electron chi connectivity index (χ0n) is 12.8. The Kier molecular flexibility index (Phi) is 4.06. The highest BCUT2D eigenvalue weighted by atomic mass is 79.9. The summed E-state index contributed by atoms with van der Waals surface area (Å²) < 4.78 is 11.5. The van der Waals surface area contributed by atoms with Crippen LogP contribution in [0, 0.1) is 0 Å². The first-order valence-corrected chi connectivity index (χ1v) is 8.20. The van der Waals surface area contributed by atoms with Gasteiger partial charge in [-0.25, -0.2) is 0 Å². The molecule has 0 bridgehead atoms. The van der Waals surface area contributed by atoms with Crippen molar-refractivity contribution in [2.45, 2.75) is 6.54 Å². The van der Waals surface area contributed by atoms with Crippen LogP contribution >= 0.6 is 15.9 Å². The molecular formula is C16H12BrN5O3. The standard InChI is InChI=1S/C16H12BrN5O3/c17-11-3-1-10(2-4-11)16-19-21-22(20-16)8-15(23)18-12-5-6-13-14(7-12)25-9-24-13/h1-7H,8-9H2,(H,18,23). The molecule has 0 unspecified atom stereocenters. The van der Waals surface area contributed by atoms with Gasteiger partial charge in [-0.05, 0) is 41.6 Å². The summed E-state index contributed by atoms with van der Waals surface area (Å²) in [6.45, 7) is 0.145. The Hall–Kier alpha value is -2.94. The minimum atomic E-state index is -0.265. The van der Waals surface area contributed by atoms with Gasteiger partial charge in [0.05, 0.1) is 0 Å². The number of aromatic nitrogens is 4. The van der Waals surface area contributed by atoms with E-state index in [9.17, 15) is 4.79 Å². The fourth-order valence-corrected chi connectivity index (χ4v) is 2.59. The van der Waals surface area contributed by atoms with Crippen molar-refractivity contribution < 1.29 is 14.3 Å². The van der Waals surface area contributed by atoms with Crippen molar-refractivity contribution >= 4 is 27.5 Å². The van der Waals surface area contributed by atoms with Crippen LogP contribution in [0.1, 0.15) is 0 Å². The fourth-order valence-electron chi connectivity index (χ4n) is 2.33. The van der Waals surface area contributed by atoms with E-state index in [1.165, 1.54) is 4.80 Å². The van der Waals surface area contributed by atoms with Gasteiger partial charge in [0, 0.05) is 21.8 Å². The molecule has 1 aliphatic rings. The number of tetrazole rings is 1. The third-order valence-corrected chi connectivity index (χ3v) is 4.03. The Morgan fingerprint density at radius 2 is 1.96 bits per heavy atom. The van der Waals surface area contributed by atoms with Gasteiger partial charge in [-0.3, -0.25) is 4.79 Å². The van der Waals surface area contributed by atoms with E-state index < -0.39 is 0 Å². The van der Waals surface area contributed by atoms with Gasteiger partial charge in [0.1, 0.15) is 6.54 Å². The zero-order valence-corrected chi connectivity index (χ0v) is 14.4. The number of anilines is 1. The van der Waals surface area contributed by atoms with E-state index in [0.29, 0.717) is 23.0 Å². The van der Waals surface area contributed by atoms with Crippen LogP contribution in [0.3, 0.4) is 0 Å². The number of hydrogen-bond donors (Lipinski definition) is 1. The number of rotatable bonds is 4. The summed E-state index contributed by atoms with van der Waals surface area (Å²) in [5.41, 5.74) is 1.44. The summed E-state index contributed by atoms with van der Waals surface area (Å²) in [6, 6.07) is 12.7. The number of hydrogen-bond acceptors (Lipinski definition) is 6. The number of fused-ring (bicyclic) bond motifs is 1. The van der Waals surface area contributed by atoms with E-state index >= 15 is 0 Å². The normalized spacial score (nSPS) is 12.2. The average molecular weight is 402 g/mol. The van der Waals surface area contributed by atoms with E-state index in [1.54, 1.807) is 18.2 Å². The Balaban J connectivity index is 1.42. The minimum Gasteiger partial charge on any atom is -0.454 e. The highest BCUT2D eigenvalue weighted by Crippen LogP contribution is 2.34. The number of nitrogens with one attached hydrogen (secondary N) is 1. The van der Waals surface area contributed by atoms with Gasteiger partial charge in [-0.15, -0.1) is 10.2 Å². The quantitative estimate of drug-likeness (QED) is 0.721. The summed E-state index contributed by atoms with van der Waals surface area (Å²) in [7, 11) is 0. The van der Waals surface area contributed by atoms with Crippen molar-refractivity contribution in [3.63, 3.8) is 0 Å². The number of benzene rings is 2. The zero-order chi connectivity index (χ0) is 17.2. The number of halogens is 1. The molecule has 126 valence electrons. The largest absolute Gasteiger partial charge is 0.454 e. The van der Waals surface area contributed by atoms with Gasteiger partial charge in [0.15, 0.2) is 11.5 Å². The first kappa shape index (κ1) is 15.6. The van der Waals surface area contributed by atoms with Crippen LogP contribution in [0.2, 0.25) is 0 Å². The molecule has 4 rings (SSSR count). The van der Waals surface area contributed by atoms with Gasteiger partial charge in [-0.1, -0.05) is 15.9 Å². The number of nitrogens with zero attached hydrogens (tertiary/aromatic N) is 4. The molecule has 0 aliphatic carbocycles. The second-order valence-electron chi connectivity index (χ2n) is 5.27. The van der Waals surface area contributed by atoms with Gasteiger partial charge in [-0.2, -0.15) is 4.80 Å². The van der Waals surface area contributed by atoms with Gasteiger partial charge < -0.3 is 14.8 Å². The van der Waals surface area contributed by atoms with Crippen molar-refractivity contribution in [3.8, 4) is 22.9 Å². The van der Waals surface area contributed by atoms with Crippen LogP contribution in [0.15, 0.2) is 46.9 Å². The molecule has 1 amide bonds. The van der Waals surface area contributed by atoms with Crippen molar-refractivity contribution in [3.05, 3.63) is 46.9 Å². The first-order chi connectivity index (χ1) is 12.2. The molecule has 1 aliphatic heterocycles. The van der Waals surface area contributed by atoms with Crippen LogP contribution in [-0.4, -0.2) is 32.9 Å².